The van der Waals surface area contributed by atoms with Gasteiger partial charge in [0.25, 0.3) is 0 Å². The van der Waals surface area contributed by atoms with Gasteiger partial charge in [-0.3, -0.25) is 4.90 Å². The van der Waals surface area contributed by atoms with Crippen LogP contribution in [0.25, 0.3) is 10.9 Å². The molecule has 5 nitrogen and oxygen atoms in total. The molecule has 0 unspecified atom stereocenters. The second kappa shape index (κ2) is 9.04. The maximum Gasteiger partial charge on any atom is 0.340 e. The second-order valence-electron chi connectivity index (χ2n) is 7.18. The highest BCUT2D eigenvalue weighted by molar-refractivity contribution is 9.10. The number of aromatic nitrogens is 1. The number of carbonyl (C=O) groups excluding carboxylic acids is 1. The minimum Gasteiger partial charge on any atom is -0.477 e. The van der Waals surface area contributed by atoms with Gasteiger partial charge in [0.1, 0.15) is 12.5 Å². The van der Waals surface area contributed by atoms with Crippen molar-refractivity contribution in [2.24, 2.45) is 7.05 Å². The zero-order chi connectivity index (χ0) is 21.3. The van der Waals surface area contributed by atoms with E-state index in [1.165, 1.54) is 4.90 Å². The van der Waals surface area contributed by atoms with E-state index in [1.54, 1.807) is 11.8 Å². The molecule has 3 aromatic rings. The van der Waals surface area contributed by atoms with E-state index in [2.05, 4.69) is 50.5 Å². The van der Waals surface area contributed by atoms with Crippen LogP contribution in [0.15, 0.2) is 45.8 Å². The molecule has 7 heteroatoms. The lowest BCUT2D eigenvalue weighted by Crippen LogP contribution is -2.32. The molecule has 1 aliphatic rings. The normalized spacial score (nSPS) is 13.9. The third-order valence-corrected chi connectivity index (χ3v) is 7.05. The molecule has 0 spiro atoms. The van der Waals surface area contributed by atoms with Crippen LogP contribution in [-0.4, -0.2) is 35.3 Å². The first-order chi connectivity index (χ1) is 14.5. The fraction of sp³-hybridized carbons (Fsp3) is 0.348. The summed E-state index contributed by atoms with van der Waals surface area (Å²) in [5.74, 6) is 1.23. The highest BCUT2D eigenvalue weighted by Crippen LogP contribution is 2.43. The molecule has 0 aliphatic carbocycles. The van der Waals surface area contributed by atoms with Crippen molar-refractivity contribution in [3.63, 3.8) is 0 Å². The predicted molar refractivity (Wildman–Crippen MR) is 124 cm³/mol. The van der Waals surface area contributed by atoms with Crippen LogP contribution in [0.1, 0.15) is 35.5 Å². The lowest BCUT2D eigenvalue weighted by Gasteiger charge is -2.29. The van der Waals surface area contributed by atoms with Gasteiger partial charge in [0.05, 0.1) is 22.2 Å². The Labute approximate surface area is 189 Å². The van der Waals surface area contributed by atoms with E-state index in [-0.39, 0.29) is 5.97 Å². The van der Waals surface area contributed by atoms with Gasteiger partial charge < -0.3 is 14.0 Å². The first kappa shape index (κ1) is 21.3. The summed E-state index contributed by atoms with van der Waals surface area (Å²) < 4.78 is 14.6. The van der Waals surface area contributed by atoms with Crippen molar-refractivity contribution in [1.29, 1.82) is 0 Å². The molecule has 2 heterocycles. The Kier molecular flexibility index (Phi) is 6.41. The molecule has 0 amide bonds. The zero-order valence-electron chi connectivity index (χ0n) is 17.4. The van der Waals surface area contributed by atoms with Crippen LogP contribution < -0.4 is 4.74 Å². The zero-order valence-corrected chi connectivity index (χ0v) is 19.8. The fourth-order valence-electron chi connectivity index (χ4n) is 3.87. The number of benzene rings is 2. The molecule has 0 saturated carbocycles. The number of esters is 1. The van der Waals surface area contributed by atoms with Crippen molar-refractivity contribution in [2.45, 2.75) is 31.0 Å². The molecular formula is C23H25BrN2O3S. The molecule has 0 atom stereocenters. The summed E-state index contributed by atoms with van der Waals surface area (Å²) in [7, 11) is 2.02. The Balaban J connectivity index is 1.89. The number of hydrogen-bond acceptors (Lipinski definition) is 5. The van der Waals surface area contributed by atoms with Crippen LogP contribution in [0.5, 0.6) is 5.75 Å². The van der Waals surface area contributed by atoms with Crippen LogP contribution in [-0.2, 0) is 24.1 Å². The van der Waals surface area contributed by atoms with E-state index in [4.69, 9.17) is 9.47 Å². The summed E-state index contributed by atoms with van der Waals surface area (Å²) in [6.07, 6.45) is 0. The van der Waals surface area contributed by atoms with Gasteiger partial charge in [-0.25, -0.2) is 4.79 Å². The minimum atomic E-state index is -0.273. The van der Waals surface area contributed by atoms with Crippen molar-refractivity contribution in [2.75, 3.05) is 19.9 Å². The number of fused-ring (bicyclic) bond motifs is 3. The van der Waals surface area contributed by atoms with E-state index in [0.29, 0.717) is 24.7 Å². The highest BCUT2D eigenvalue weighted by atomic mass is 79.9. The summed E-state index contributed by atoms with van der Waals surface area (Å²) >= 11 is 5.40. The predicted octanol–water partition coefficient (Wildman–Crippen LogP) is 5.58. The largest absolute Gasteiger partial charge is 0.477 e. The lowest BCUT2D eigenvalue weighted by atomic mass is 10.0. The van der Waals surface area contributed by atoms with Gasteiger partial charge in [0, 0.05) is 40.9 Å². The Bertz CT molecular complexity index is 1080. The first-order valence-electron chi connectivity index (χ1n) is 10.1. The van der Waals surface area contributed by atoms with Crippen LogP contribution >= 0.6 is 27.7 Å². The number of ether oxygens (including phenoxy) is 2. The number of aryl methyl sites for hydroxylation is 1. The lowest BCUT2D eigenvalue weighted by molar-refractivity contribution is 0.0527. The molecule has 2 aromatic carbocycles. The van der Waals surface area contributed by atoms with Gasteiger partial charge >= 0.3 is 5.97 Å². The van der Waals surface area contributed by atoms with Crippen LogP contribution in [0.3, 0.4) is 0 Å². The number of hydrogen-bond donors (Lipinski definition) is 0. The fourth-order valence-corrected chi connectivity index (χ4v) is 5.43. The summed E-state index contributed by atoms with van der Waals surface area (Å²) in [4.78, 5) is 16.5. The van der Waals surface area contributed by atoms with Gasteiger partial charge in [0.15, 0.2) is 0 Å². The standard InChI is InChI=1S/C23H25BrN2O3S/c1-4-26-12-16-20-18(11-17(24)22(16)29-14-26)25(3)19(21(20)23(27)28-5-2)13-30-15-9-7-6-8-10-15/h6-11H,4-5,12-14H2,1-3H3. The molecule has 0 radical (unpaired) electrons. The van der Waals surface area contributed by atoms with E-state index >= 15 is 0 Å². The molecule has 0 bridgehead atoms. The van der Waals surface area contributed by atoms with Gasteiger partial charge in [-0.05, 0) is 47.6 Å². The molecular weight excluding hydrogens is 464 g/mol. The van der Waals surface area contributed by atoms with E-state index in [9.17, 15) is 4.79 Å². The molecule has 158 valence electrons. The van der Waals surface area contributed by atoms with Crippen molar-refractivity contribution in [3.8, 4) is 5.75 Å². The van der Waals surface area contributed by atoms with Crippen LogP contribution in [0.4, 0.5) is 0 Å². The van der Waals surface area contributed by atoms with Crippen molar-refractivity contribution >= 4 is 44.6 Å². The van der Waals surface area contributed by atoms with Crippen molar-refractivity contribution < 1.29 is 14.3 Å². The monoisotopic (exact) mass is 488 g/mol. The molecule has 4 rings (SSSR count). The topological polar surface area (TPSA) is 43.7 Å². The molecule has 0 N–H and O–H groups in total. The molecule has 0 saturated heterocycles. The quantitative estimate of drug-likeness (QED) is 0.334. The summed E-state index contributed by atoms with van der Waals surface area (Å²) in [5.41, 5.74) is 3.67. The number of rotatable bonds is 6. The summed E-state index contributed by atoms with van der Waals surface area (Å²) in [6.45, 7) is 6.47. The third kappa shape index (κ3) is 3.86. The Morgan fingerprint density at radius 3 is 2.73 bits per heavy atom. The van der Waals surface area contributed by atoms with Gasteiger partial charge in [-0.2, -0.15) is 0 Å². The molecule has 1 aliphatic heterocycles. The summed E-state index contributed by atoms with van der Waals surface area (Å²) in [6, 6.07) is 12.3. The maximum absolute atomic E-state index is 13.1. The average Bonchev–Trinajstić information content (AvgIpc) is 3.04. The summed E-state index contributed by atoms with van der Waals surface area (Å²) in [5, 5.41) is 0.941. The van der Waals surface area contributed by atoms with Gasteiger partial charge in [-0.15, -0.1) is 11.8 Å². The first-order valence-corrected chi connectivity index (χ1v) is 11.9. The van der Waals surface area contributed by atoms with E-state index < -0.39 is 0 Å². The smallest absolute Gasteiger partial charge is 0.340 e. The molecule has 1 aromatic heterocycles. The average molecular weight is 489 g/mol. The Hall–Kier alpha value is -1.96. The minimum absolute atomic E-state index is 0.273. The molecule has 30 heavy (non-hydrogen) atoms. The number of carbonyl (C=O) groups is 1. The second-order valence-corrected chi connectivity index (χ2v) is 9.08. The molecule has 0 fully saturated rings. The maximum atomic E-state index is 13.1. The van der Waals surface area contributed by atoms with Crippen molar-refractivity contribution in [3.05, 3.63) is 57.7 Å². The van der Waals surface area contributed by atoms with Gasteiger partial charge in [0.2, 0.25) is 0 Å². The van der Waals surface area contributed by atoms with E-state index in [0.717, 1.165) is 45.5 Å². The Morgan fingerprint density at radius 2 is 2.03 bits per heavy atom. The van der Waals surface area contributed by atoms with Crippen LogP contribution in [0, 0.1) is 0 Å². The van der Waals surface area contributed by atoms with E-state index in [1.807, 2.05) is 32.2 Å². The van der Waals surface area contributed by atoms with Crippen LogP contribution in [0.2, 0.25) is 0 Å². The van der Waals surface area contributed by atoms with Crippen molar-refractivity contribution in [1.82, 2.24) is 9.47 Å². The van der Waals surface area contributed by atoms with Gasteiger partial charge in [-0.1, -0.05) is 25.1 Å². The number of thioether (sulfide) groups is 1. The third-order valence-electron chi connectivity index (χ3n) is 5.44. The Morgan fingerprint density at radius 1 is 1.27 bits per heavy atom. The SMILES string of the molecule is CCOC(=O)c1c(CSc2ccccc2)n(C)c2cc(Br)c3c(c12)CN(CC)CO3. The number of halogens is 1. The highest BCUT2D eigenvalue weighted by Gasteiger charge is 2.30. The number of nitrogens with zero attached hydrogens (tertiary/aromatic N) is 2.